The second-order valence-electron chi connectivity index (χ2n) is 3.22. The number of rotatable bonds is 6. The van der Waals surface area contributed by atoms with Crippen LogP contribution >= 0.6 is 22.8 Å². The zero-order valence-corrected chi connectivity index (χ0v) is 10.6. The van der Waals surface area contributed by atoms with Crippen LogP contribution in [0.2, 0.25) is 0 Å². The molecule has 0 amide bonds. The maximum absolute atomic E-state index is 10.6. The number of hydrogen-bond donors (Lipinski definition) is 7. The third-order valence-electron chi connectivity index (χ3n) is 1.29. The summed E-state index contributed by atoms with van der Waals surface area (Å²) < 4.78 is 31.7. The highest BCUT2D eigenvalue weighted by molar-refractivity contribution is 7.53. The summed E-state index contributed by atoms with van der Waals surface area (Å²) in [6.45, 7) is 0. The summed E-state index contributed by atoms with van der Waals surface area (Å²) in [5, 5.41) is 0. The molecule has 0 saturated carbocycles. The van der Waals surface area contributed by atoms with Gasteiger partial charge in [-0.25, -0.2) is 0 Å². The van der Waals surface area contributed by atoms with Crippen molar-refractivity contribution >= 4 is 22.8 Å². The van der Waals surface area contributed by atoms with E-state index in [9.17, 15) is 13.7 Å². The molecule has 0 spiro atoms. The highest BCUT2D eigenvalue weighted by Crippen LogP contribution is 2.37. The molecule has 0 aliphatic heterocycles. The molecule has 0 heterocycles. The second kappa shape index (κ2) is 5.37. The summed E-state index contributed by atoms with van der Waals surface area (Å²) in [4.78, 5) is 50.9. The molecular weight excluding hydrogens is 287 g/mol. The molecule has 0 atom stereocenters. The molecule has 10 nitrogen and oxygen atoms in total. The highest BCUT2D eigenvalue weighted by Gasteiger charge is 2.33. The van der Waals surface area contributed by atoms with Crippen molar-refractivity contribution in [2.45, 2.75) is 0 Å². The molecule has 0 saturated heterocycles. The number of nitrogens with one attached hydrogen (secondary N) is 1. The normalized spacial score (nSPS) is 14.4. The average molecular weight is 300 g/mol. The van der Waals surface area contributed by atoms with Crippen molar-refractivity contribution in [2.75, 3.05) is 18.9 Å². The summed E-state index contributed by atoms with van der Waals surface area (Å²) in [6.07, 6.45) is -3.16. The molecule has 0 bridgehead atoms. The molecule has 0 rings (SSSR count). The molecule has 0 fully saturated rings. The minimum atomic E-state index is -4.62. The van der Waals surface area contributed by atoms with E-state index in [0.717, 1.165) is 0 Å². The Morgan fingerprint density at radius 1 is 0.625 bits per heavy atom. The lowest BCUT2D eigenvalue weighted by Crippen LogP contribution is -3.11. The van der Waals surface area contributed by atoms with Crippen LogP contribution in [0.5, 0.6) is 0 Å². The van der Waals surface area contributed by atoms with Crippen LogP contribution in [0, 0.1) is 0 Å². The summed E-state index contributed by atoms with van der Waals surface area (Å²) in [5.41, 5.74) is 0. The fourth-order valence-electron chi connectivity index (χ4n) is 1.02. The van der Waals surface area contributed by atoms with Crippen molar-refractivity contribution in [1.29, 1.82) is 0 Å². The van der Waals surface area contributed by atoms with Crippen LogP contribution in [0.1, 0.15) is 0 Å². The van der Waals surface area contributed by atoms with E-state index in [4.69, 9.17) is 29.4 Å². The summed E-state index contributed by atoms with van der Waals surface area (Å²) in [7, 11) is -13.9. The zero-order valence-electron chi connectivity index (χ0n) is 7.87. The van der Waals surface area contributed by atoms with Gasteiger partial charge in [-0.05, 0) is 0 Å². The third kappa shape index (κ3) is 10.9. The predicted molar refractivity (Wildman–Crippen MR) is 51.7 cm³/mol. The van der Waals surface area contributed by atoms with Gasteiger partial charge in [0.2, 0.25) is 0 Å². The first-order chi connectivity index (χ1) is 6.79. The molecule has 0 radical (unpaired) electrons. The van der Waals surface area contributed by atoms with E-state index >= 15 is 0 Å². The Hall–Kier alpha value is 0.410. The fraction of sp³-hybridized carbons (Fsp3) is 1.00. The standard InChI is InChI=1S/C3H12NO9P3/c5-14(6,7)1-4(2-15(8,9)10)3-16(11,12)13/h1-3H2,(H2,5,6,7)(H2,8,9,10)(H2,11,12,13)/p+1. The van der Waals surface area contributed by atoms with E-state index in [2.05, 4.69) is 0 Å². The van der Waals surface area contributed by atoms with Crippen molar-refractivity contribution in [1.82, 2.24) is 0 Å². The minimum Gasteiger partial charge on any atom is -0.321 e. The van der Waals surface area contributed by atoms with E-state index in [1.54, 1.807) is 0 Å². The Bertz CT molecular complexity index is 305. The topological polar surface area (TPSA) is 177 Å². The summed E-state index contributed by atoms with van der Waals surface area (Å²) >= 11 is 0. The van der Waals surface area contributed by atoms with Crippen molar-refractivity contribution in [3.8, 4) is 0 Å². The van der Waals surface area contributed by atoms with Crippen LogP contribution in [-0.2, 0) is 13.7 Å². The Kier molecular flexibility index (Phi) is 5.51. The van der Waals surface area contributed by atoms with Gasteiger partial charge in [-0.2, -0.15) is 0 Å². The monoisotopic (exact) mass is 300 g/mol. The van der Waals surface area contributed by atoms with Gasteiger partial charge in [-0.15, -0.1) is 0 Å². The smallest absolute Gasteiger partial charge is 0.321 e. The zero-order chi connectivity index (χ0) is 13.2. The Morgan fingerprint density at radius 3 is 0.938 bits per heavy atom. The minimum absolute atomic E-state index is 0.546. The number of hydrogen-bond acceptors (Lipinski definition) is 3. The van der Waals surface area contributed by atoms with E-state index in [0.29, 0.717) is 0 Å². The first-order valence-corrected chi connectivity index (χ1v) is 9.15. The van der Waals surface area contributed by atoms with E-state index in [1.807, 2.05) is 0 Å². The van der Waals surface area contributed by atoms with Crippen LogP contribution in [0.4, 0.5) is 0 Å². The van der Waals surface area contributed by atoms with Crippen molar-refractivity contribution in [3.63, 3.8) is 0 Å². The molecule has 0 aliphatic carbocycles. The lowest BCUT2D eigenvalue weighted by atomic mass is 11.0. The van der Waals surface area contributed by atoms with Crippen LogP contribution in [0.3, 0.4) is 0 Å². The molecule has 0 aromatic heterocycles. The van der Waals surface area contributed by atoms with E-state index in [-0.39, 0.29) is 0 Å². The van der Waals surface area contributed by atoms with Gasteiger partial charge < -0.3 is 34.3 Å². The predicted octanol–water partition coefficient (Wildman–Crippen LogP) is -2.72. The van der Waals surface area contributed by atoms with Gasteiger partial charge in [0, 0.05) is 0 Å². The van der Waals surface area contributed by atoms with Gasteiger partial charge in [0.1, 0.15) is 0 Å². The average Bonchev–Trinajstić information content (AvgIpc) is 1.70. The molecular formula is C3H13NO9P3+. The second-order valence-corrected chi connectivity index (χ2v) is 8.16. The largest absolute Gasteiger partial charge is 0.379 e. The fourth-order valence-corrected chi connectivity index (χ4v) is 3.97. The van der Waals surface area contributed by atoms with Crippen molar-refractivity contribution < 1.29 is 48.0 Å². The van der Waals surface area contributed by atoms with Gasteiger partial charge in [0.05, 0.1) is 0 Å². The van der Waals surface area contributed by atoms with Gasteiger partial charge in [0.25, 0.3) is 0 Å². The van der Waals surface area contributed by atoms with Crippen LogP contribution in [-0.4, -0.2) is 48.2 Å². The molecule has 98 valence electrons. The summed E-state index contributed by atoms with van der Waals surface area (Å²) in [5.74, 6) is 0. The van der Waals surface area contributed by atoms with Crippen LogP contribution < -0.4 is 4.90 Å². The lowest BCUT2D eigenvalue weighted by Gasteiger charge is -2.20. The molecule has 7 N–H and O–H groups in total. The summed E-state index contributed by atoms with van der Waals surface area (Å²) in [6, 6.07) is 0. The SMILES string of the molecule is O=P(O)(O)C[NH+](CP(=O)(O)O)CP(=O)(O)O. The first-order valence-electron chi connectivity index (χ1n) is 3.76. The van der Waals surface area contributed by atoms with E-state index in [1.165, 1.54) is 0 Å². The van der Waals surface area contributed by atoms with Crippen LogP contribution in [0.15, 0.2) is 0 Å². The molecule has 0 unspecified atom stereocenters. The Balaban J connectivity index is 4.72. The third-order valence-corrected chi connectivity index (χ3v) is 3.87. The lowest BCUT2D eigenvalue weighted by molar-refractivity contribution is -0.866. The van der Waals surface area contributed by atoms with E-state index < -0.39 is 46.5 Å². The van der Waals surface area contributed by atoms with Crippen molar-refractivity contribution in [3.05, 3.63) is 0 Å². The molecule has 0 aliphatic rings. The van der Waals surface area contributed by atoms with Gasteiger partial charge >= 0.3 is 22.8 Å². The quantitative estimate of drug-likeness (QED) is 0.257. The maximum Gasteiger partial charge on any atom is 0.379 e. The first kappa shape index (κ1) is 16.4. The molecule has 0 aromatic rings. The maximum atomic E-state index is 10.6. The van der Waals surface area contributed by atoms with Crippen molar-refractivity contribution in [2.24, 2.45) is 0 Å². The highest BCUT2D eigenvalue weighted by atomic mass is 31.2. The van der Waals surface area contributed by atoms with Gasteiger partial charge in [-0.1, -0.05) is 0 Å². The van der Waals surface area contributed by atoms with Gasteiger partial charge in [0.15, 0.2) is 18.9 Å². The molecule has 13 heteroatoms. The van der Waals surface area contributed by atoms with Crippen LogP contribution in [0.25, 0.3) is 0 Å². The van der Waals surface area contributed by atoms with Gasteiger partial charge in [-0.3, -0.25) is 13.7 Å². The molecule has 16 heavy (non-hydrogen) atoms. The Labute approximate surface area is 90.4 Å². The Morgan fingerprint density at radius 2 is 0.812 bits per heavy atom. The number of quaternary nitrogens is 1. The molecule has 0 aromatic carbocycles.